The Bertz CT molecular complexity index is 1290. The van der Waals surface area contributed by atoms with E-state index in [1.165, 1.54) is 4.90 Å². The summed E-state index contributed by atoms with van der Waals surface area (Å²) in [7, 11) is 3.14. The van der Waals surface area contributed by atoms with E-state index in [1.54, 1.807) is 38.5 Å². The maximum Gasteiger partial charge on any atom is 0.295 e. The first-order valence-electron chi connectivity index (χ1n) is 10.8. The second-order valence-corrected chi connectivity index (χ2v) is 9.82. The van der Waals surface area contributed by atoms with Crippen molar-refractivity contribution in [3.63, 3.8) is 0 Å². The van der Waals surface area contributed by atoms with Gasteiger partial charge >= 0.3 is 0 Å². The number of rotatable bonds is 7. The summed E-state index contributed by atoms with van der Waals surface area (Å²) in [5, 5.41) is 11.1. The van der Waals surface area contributed by atoms with E-state index in [-0.39, 0.29) is 17.9 Å². The van der Waals surface area contributed by atoms with Crippen LogP contribution in [0.5, 0.6) is 11.5 Å². The highest BCUT2D eigenvalue weighted by atomic mass is 79.9. The highest BCUT2D eigenvalue weighted by molar-refractivity contribution is 9.10. The minimum absolute atomic E-state index is 0.0759. The second-order valence-electron chi connectivity index (χ2n) is 7.99. The Kier molecular flexibility index (Phi) is 7.62. The minimum Gasteiger partial charge on any atom is -0.507 e. The molecule has 1 aliphatic rings. The molecule has 1 unspecified atom stereocenters. The first-order chi connectivity index (χ1) is 16.8. The fraction of sp³-hybridized carbons (Fsp3) is 0.185. The lowest BCUT2D eigenvalue weighted by Gasteiger charge is -2.25. The predicted octanol–water partition coefficient (Wildman–Crippen LogP) is 5.89. The molecule has 1 atom stereocenters. The second kappa shape index (κ2) is 10.7. The molecule has 1 N–H and O–H groups in total. The van der Waals surface area contributed by atoms with Gasteiger partial charge in [0.15, 0.2) is 11.5 Å². The van der Waals surface area contributed by atoms with E-state index >= 15 is 0 Å². The largest absolute Gasteiger partial charge is 0.507 e. The predicted molar refractivity (Wildman–Crippen MR) is 141 cm³/mol. The number of aliphatic hydroxyl groups is 1. The van der Waals surface area contributed by atoms with Gasteiger partial charge in [-0.25, -0.2) is 0 Å². The Morgan fingerprint density at radius 2 is 1.49 bits per heavy atom. The number of halogens is 2. The molecule has 1 amide bonds. The summed E-state index contributed by atoms with van der Waals surface area (Å²) in [6.45, 7) is 0.276. The van der Waals surface area contributed by atoms with Crippen molar-refractivity contribution < 1.29 is 24.2 Å². The number of methoxy groups -OCH3 is 2. The van der Waals surface area contributed by atoms with Gasteiger partial charge in [-0.15, -0.1) is 0 Å². The Balaban J connectivity index is 1.73. The van der Waals surface area contributed by atoms with Crippen LogP contribution in [-0.2, 0) is 16.0 Å². The zero-order chi connectivity index (χ0) is 25.1. The Labute approximate surface area is 220 Å². The number of likely N-dealkylation sites (tertiary alicyclic amines) is 1. The smallest absolute Gasteiger partial charge is 0.295 e. The maximum absolute atomic E-state index is 13.2. The van der Waals surface area contributed by atoms with Crippen molar-refractivity contribution in [2.45, 2.75) is 12.5 Å². The quantitative estimate of drug-likeness (QED) is 0.208. The van der Waals surface area contributed by atoms with Crippen molar-refractivity contribution in [3.05, 3.63) is 97.9 Å². The number of benzene rings is 3. The molecular weight excluding hydrogens is 578 g/mol. The lowest BCUT2D eigenvalue weighted by atomic mass is 9.95. The Morgan fingerprint density at radius 1 is 0.886 bits per heavy atom. The summed E-state index contributed by atoms with van der Waals surface area (Å²) >= 11 is 6.81. The molecule has 0 saturated carbocycles. The molecule has 3 aromatic rings. The molecule has 1 saturated heterocycles. The van der Waals surface area contributed by atoms with E-state index < -0.39 is 17.7 Å². The zero-order valence-corrected chi connectivity index (χ0v) is 22.3. The summed E-state index contributed by atoms with van der Waals surface area (Å²) in [5.41, 5.74) is 2.20. The van der Waals surface area contributed by atoms with Crippen LogP contribution in [0.3, 0.4) is 0 Å². The molecule has 0 aromatic heterocycles. The van der Waals surface area contributed by atoms with Gasteiger partial charge in [0.1, 0.15) is 5.76 Å². The summed E-state index contributed by atoms with van der Waals surface area (Å²) in [6.07, 6.45) is 0.485. The first-order valence-corrected chi connectivity index (χ1v) is 12.4. The van der Waals surface area contributed by atoms with Crippen molar-refractivity contribution in [1.29, 1.82) is 0 Å². The molecule has 1 heterocycles. The topological polar surface area (TPSA) is 76.1 Å². The van der Waals surface area contributed by atoms with Crippen LogP contribution in [0.4, 0.5) is 0 Å². The standard InChI is InChI=1S/C27H23Br2NO5/c1-34-21-12-3-16(15-22(21)35-2)13-14-30-24(17-4-8-19(28)9-5-17)23(26(32)27(30)33)25(31)18-6-10-20(29)11-7-18/h3-12,15,24,31H,13-14H2,1-2H3/b25-23-. The van der Waals surface area contributed by atoms with Crippen LogP contribution in [-0.4, -0.2) is 42.5 Å². The average molecular weight is 601 g/mol. The number of hydrogen-bond donors (Lipinski definition) is 1. The summed E-state index contributed by atoms with van der Waals surface area (Å²) in [5.74, 6) is -0.340. The Morgan fingerprint density at radius 3 is 2.09 bits per heavy atom. The number of Topliss-reactive ketones (excluding diaryl/α,β-unsaturated/α-hetero) is 1. The van der Waals surface area contributed by atoms with Gasteiger partial charge in [-0.05, 0) is 53.9 Å². The van der Waals surface area contributed by atoms with Crippen molar-refractivity contribution in [2.75, 3.05) is 20.8 Å². The fourth-order valence-electron chi connectivity index (χ4n) is 4.15. The molecule has 0 aliphatic carbocycles. The number of ketones is 1. The van der Waals surface area contributed by atoms with Crippen LogP contribution < -0.4 is 9.47 Å². The van der Waals surface area contributed by atoms with Crippen molar-refractivity contribution in [3.8, 4) is 11.5 Å². The molecule has 0 radical (unpaired) electrons. The lowest BCUT2D eigenvalue weighted by molar-refractivity contribution is -0.139. The van der Waals surface area contributed by atoms with Gasteiger partial charge in [0, 0.05) is 21.1 Å². The lowest BCUT2D eigenvalue weighted by Crippen LogP contribution is -2.31. The highest BCUT2D eigenvalue weighted by Gasteiger charge is 2.45. The number of carbonyl (C=O) groups is 2. The van der Waals surface area contributed by atoms with Crippen molar-refractivity contribution in [2.24, 2.45) is 0 Å². The van der Waals surface area contributed by atoms with Gasteiger partial charge in [-0.3, -0.25) is 9.59 Å². The molecule has 3 aromatic carbocycles. The van der Waals surface area contributed by atoms with Gasteiger partial charge < -0.3 is 19.5 Å². The third-order valence-corrected chi connectivity index (χ3v) is 6.99. The average Bonchev–Trinajstić information content (AvgIpc) is 3.12. The van der Waals surface area contributed by atoms with Gasteiger partial charge in [-0.1, -0.05) is 62.2 Å². The van der Waals surface area contributed by atoms with E-state index in [4.69, 9.17) is 9.47 Å². The van der Waals surface area contributed by atoms with Gasteiger partial charge in [-0.2, -0.15) is 0 Å². The summed E-state index contributed by atoms with van der Waals surface area (Å²) in [6, 6.07) is 19.2. The van der Waals surface area contributed by atoms with E-state index in [1.807, 2.05) is 42.5 Å². The van der Waals surface area contributed by atoms with Gasteiger partial charge in [0.05, 0.1) is 25.8 Å². The van der Waals surface area contributed by atoms with Crippen molar-refractivity contribution in [1.82, 2.24) is 4.90 Å². The SMILES string of the molecule is COc1ccc(CCN2C(=O)C(=O)/C(=C(\O)c3ccc(Br)cc3)C2c2ccc(Br)cc2)cc1OC. The molecular formula is C27H23Br2NO5. The van der Waals surface area contributed by atoms with E-state index in [9.17, 15) is 14.7 Å². The molecule has 35 heavy (non-hydrogen) atoms. The van der Waals surface area contributed by atoms with Crippen molar-refractivity contribution >= 4 is 49.3 Å². The Hall–Kier alpha value is -3.10. The number of ether oxygens (including phenoxy) is 2. The summed E-state index contributed by atoms with van der Waals surface area (Å²) in [4.78, 5) is 27.9. The summed E-state index contributed by atoms with van der Waals surface area (Å²) < 4.78 is 12.4. The number of carbonyl (C=O) groups excluding carboxylic acids is 2. The molecule has 0 spiro atoms. The van der Waals surface area contributed by atoms with Crippen LogP contribution >= 0.6 is 31.9 Å². The monoisotopic (exact) mass is 599 g/mol. The molecule has 0 bridgehead atoms. The molecule has 1 aliphatic heterocycles. The minimum atomic E-state index is -0.716. The fourth-order valence-corrected chi connectivity index (χ4v) is 4.68. The van der Waals surface area contributed by atoms with E-state index in [0.717, 1.165) is 20.1 Å². The van der Waals surface area contributed by atoms with Crippen LogP contribution in [0.25, 0.3) is 5.76 Å². The number of amides is 1. The molecule has 180 valence electrons. The van der Waals surface area contributed by atoms with Crippen LogP contribution in [0.2, 0.25) is 0 Å². The normalized spacial score (nSPS) is 17.0. The van der Waals surface area contributed by atoms with Gasteiger partial charge in [0.2, 0.25) is 0 Å². The van der Waals surface area contributed by atoms with Crippen LogP contribution in [0.1, 0.15) is 22.7 Å². The van der Waals surface area contributed by atoms with Gasteiger partial charge in [0.25, 0.3) is 11.7 Å². The number of hydrogen-bond acceptors (Lipinski definition) is 5. The van der Waals surface area contributed by atoms with E-state index in [2.05, 4.69) is 31.9 Å². The molecule has 6 nitrogen and oxygen atoms in total. The number of aliphatic hydroxyl groups excluding tert-OH is 1. The molecule has 4 rings (SSSR count). The van der Waals surface area contributed by atoms with Crippen LogP contribution in [0, 0.1) is 0 Å². The molecule has 8 heteroatoms. The third kappa shape index (κ3) is 5.13. The van der Waals surface area contributed by atoms with Crippen LogP contribution in [0.15, 0.2) is 81.2 Å². The molecule has 1 fully saturated rings. The maximum atomic E-state index is 13.2. The number of nitrogens with zero attached hydrogens (tertiary/aromatic N) is 1. The first kappa shape index (κ1) is 25.0. The van der Waals surface area contributed by atoms with E-state index in [0.29, 0.717) is 23.5 Å². The third-order valence-electron chi connectivity index (χ3n) is 5.93. The highest BCUT2D eigenvalue weighted by Crippen LogP contribution is 2.40. The zero-order valence-electron chi connectivity index (χ0n) is 19.1.